The van der Waals surface area contributed by atoms with Gasteiger partial charge in [0.05, 0.1) is 0 Å². The van der Waals surface area contributed by atoms with Crippen LogP contribution in [0.2, 0.25) is 0 Å². The van der Waals surface area contributed by atoms with E-state index in [4.69, 9.17) is 0 Å². The second-order valence-electron chi connectivity index (χ2n) is 2.99. The van der Waals surface area contributed by atoms with Gasteiger partial charge in [0.2, 0.25) is 0 Å². The van der Waals surface area contributed by atoms with Gasteiger partial charge in [0.25, 0.3) is 0 Å². The highest BCUT2D eigenvalue weighted by Crippen LogP contribution is 2.08. The molecule has 1 radical (unpaired) electrons. The van der Waals surface area contributed by atoms with Crippen molar-refractivity contribution in [2.45, 2.75) is 19.3 Å². The van der Waals surface area contributed by atoms with Crippen LogP contribution in [0.4, 0.5) is 10.1 Å². The first-order valence-electron chi connectivity index (χ1n) is 4.61. The molecule has 1 aromatic rings. The zero-order valence-corrected chi connectivity index (χ0v) is 7.72. The third-order valence-electron chi connectivity index (χ3n) is 1.85. The molecule has 0 spiro atoms. The van der Waals surface area contributed by atoms with Crippen LogP contribution >= 0.6 is 0 Å². The van der Waals surface area contributed by atoms with E-state index in [0.29, 0.717) is 0 Å². The fourth-order valence-electron chi connectivity index (χ4n) is 1.10. The molecule has 1 N–H and O–H groups in total. The van der Waals surface area contributed by atoms with E-state index >= 15 is 0 Å². The summed E-state index contributed by atoms with van der Waals surface area (Å²) in [5, 5.41) is 3.21. The average molecular weight is 180 g/mol. The Hall–Kier alpha value is -1.05. The molecule has 0 amide bonds. The quantitative estimate of drug-likeness (QED) is 0.686. The summed E-state index contributed by atoms with van der Waals surface area (Å²) in [5.74, 6) is -0.191. The number of hydrogen-bond donors (Lipinski definition) is 1. The van der Waals surface area contributed by atoms with E-state index in [2.05, 4.69) is 12.2 Å². The van der Waals surface area contributed by atoms with Gasteiger partial charge < -0.3 is 5.32 Å². The van der Waals surface area contributed by atoms with Gasteiger partial charge in [-0.1, -0.05) is 19.8 Å². The molecule has 2 heteroatoms. The predicted molar refractivity (Wildman–Crippen MR) is 54.1 cm³/mol. The number of benzene rings is 1. The predicted octanol–water partition coefficient (Wildman–Crippen LogP) is 3.24. The molecule has 0 heterocycles. The Morgan fingerprint density at radius 1 is 1.15 bits per heavy atom. The van der Waals surface area contributed by atoms with Crippen molar-refractivity contribution in [3.8, 4) is 0 Å². The van der Waals surface area contributed by atoms with Gasteiger partial charge in [-0.05, 0) is 30.7 Å². The van der Waals surface area contributed by atoms with Gasteiger partial charge in [-0.15, -0.1) is 0 Å². The summed E-state index contributed by atoms with van der Waals surface area (Å²) in [4.78, 5) is 0. The zero-order valence-electron chi connectivity index (χ0n) is 7.72. The Labute approximate surface area is 79.0 Å². The molecular weight excluding hydrogens is 165 g/mol. The van der Waals surface area contributed by atoms with Crippen LogP contribution in [0.25, 0.3) is 0 Å². The number of hydrogen-bond acceptors (Lipinski definition) is 1. The minimum atomic E-state index is -0.191. The third-order valence-corrected chi connectivity index (χ3v) is 1.85. The summed E-state index contributed by atoms with van der Waals surface area (Å²) in [6.07, 6.45) is 3.22. The second-order valence-corrected chi connectivity index (χ2v) is 2.99. The first-order chi connectivity index (χ1) is 6.33. The van der Waals surface area contributed by atoms with E-state index in [1.54, 1.807) is 12.1 Å². The highest BCUT2D eigenvalue weighted by atomic mass is 19.1. The molecular formula is C11H15FN. The lowest BCUT2D eigenvalue weighted by molar-refractivity contribution is 0.628. The summed E-state index contributed by atoms with van der Waals surface area (Å²) < 4.78 is 12.5. The summed E-state index contributed by atoms with van der Waals surface area (Å²) in [7, 11) is 0. The minimum Gasteiger partial charge on any atom is -0.385 e. The van der Waals surface area contributed by atoms with Crippen molar-refractivity contribution < 1.29 is 4.39 Å². The fraction of sp³-hybridized carbons (Fsp3) is 0.364. The normalized spacial score (nSPS) is 10.0. The number of nitrogens with one attached hydrogen (secondary N) is 1. The Balaban J connectivity index is 2.25. The van der Waals surface area contributed by atoms with E-state index in [0.717, 1.165) is 31.5 Å². The van der Waals surface area contributed by atoms with Crippen molar-refractivity contribution in [3.05, 3.63) is 37.0 Å². The van der Waals surface area contributed by atoms with Crippen LogP contribution in [0.5, 0.6) is 0 Å². The van der Waals surface area contributed by atoms with Crippen molar-refractivity contribution in [3.63, 3.8) is 0 Å². The Morgan fingerprint density at radius 3 is 2.46 bits per heavy atom. The largest absolute Gasteiger partial charge is 0.385 e. The molecule has 0 bridgehead atoms. The first-order valence-corrected chi connectivity index (χ1v) is 4.61. The lowest BCUT2D eigenvalue weighted by Crippen LogP contribution is -2.00. The van der Waals surface area contributed by atoms with Gasteiger partial charge in [-0.3, -0.25) is 0 Å². The minimum absolute atomic E-state index is 0.191. The van der Waals surface area contributed by atoms with E-state index in [9.17, 15) is 4.39 Å². The molecule has 0 aliphatic carbocycles. The van der Waals surface area contributed by atoms with Crippen LogP contribution in [0.1, 0.15) is 19.3 Å². The van der Waals surface area contributed by atoms with Crippen molar-refractivity contribution >= 4 is 5.69 Å². The Bertz CT molecular complexity index is 230. The molecule has 0 saturated heterocycles. The molecule has 1 aromatic carbocycles. The number of unbranched alkanes of at least 4 members (excludes halogenated alkanes) is 2. The second kappa shape index (κ2) is 5.57. The molecule has 0 aromatic heterocycles. The first kappa shape index (κ1) is 10.0. The maximum atomic E-state index is 12.5. The van der Waals surface area contributed by atoms with Crippen LogP contribution in [0.3, 0.4) is 0 Å². The van der Waals surface area contributed by atoms with Crippen LogP contribution in [0, 0.1) is 12.7 Å². The summed E-state index contributed by atoms with van der Waals surface area (Å²) in [6.45, 7) is 4.70. The Kier molecular flexibility index (Phi) is 4.30. The van der Waals surface area contributed by atoms with Gasteiger partial charge in [-0.25, -0.2) is 4.39 Å². The van der Waals surface area contributed by atoms with Gasteiger partial charge in [0.1, 0.15) is 5.82 Å². The topological polar surface area (TPSA) is 12.0 Å². The molecule has 0 aliphatic rings. The van der Waals surface area contributed by atoms with Crippen molar-refractivity contribution in [2.75, 3.05) is 11.9 Å². The molecule has 0 unspecified atom stereocenters. The van der Waals surface area contributed by atoms with Gasteiger partial charge >= 0.3 is 0 Å². The molecule has 0 saturated carbocycles. The molecule has 1 nitrogen and oxygen atoms in total. The molecule has 0 aliphatic heterocycles. The molecule has 13 heavy (non-hydrogen) atoms. The van der Waals surface area contributed by atoms with Crippen molar-refractivity contribution in [1.29, 1.82) is 0 Å². The molecule has 0 fully saturated rings. The highest BCUT2D eigenvalue weighted by molar-refractivity contribution is 5.42. The smallest absolute Gasteiger partial charge is 0.123 e. The molecule has 1 rings (SSSR count). The number of rotatable bonds is 5. The van der Waals surface area contributed by atoms with E-state index in [1.165, 1.54) is 12.1 Å². The molecule has 0 atom stereocenters. The third kappa shape index (κ3) is 3.92. The lowest BCUT2D eigenvalue weighted by atomic mass is 10.2. The maximum absolute atomic E-state index is 12.5. The van der Waals surface area contributed by atoms with Crippen molar-refractivity contribution in [2.24, 2.45) is 0 Å². The zero-order chi connectivity index (χ0) is 9.52. The van der Waals surface area contributed by atoms with Crippen LogP contribution in [-0.4, -0.2) is 6.54 Å². The summed E-state index contributed by atoms with van der Waals surface area (Å²) >= 11 is 0. The van der Waals surface area contributed by atoms with Crippen LogP contribution < -0.4 is 5.32 Å². The van der Waals surface area contributed by atoms with Crippen LogP contribution in [0.15, 0.2) is 24.3 Å². The standard InChI is InChI=1S/C11H15FN/c1-2-3-4-9-13-11-7-5-10(12)6-8-11/h5-8,13H,1-4,9H2. The lowest BCUT2D eigenvalue weighted by Gasteiger charge is -2.04. The van der Waals surface area contributed by atoms with Gasteiger partial charge in [0.15, 0.2) is 0 Å². The monoisotopic (exact) mass is 180 g/mol. The summed E-state index contributed by atoms with van der Waals surface area (Å²) in [6, 6.07) is 6.42. The van der Waals surface area contributed by atoms with E-state index in [-0.39, 0.29) is 5.82 Å². The number of anilines is 1. The van der Waals surface area contributed by atoms with Gasteiger partial charge in [0, 0.05) is 12.2 Å². The van der Waals surface area contributed by atoms with E-state index < -0.39 is 0 Å². The maximum Gasteiger partial charge on any atom is 0.123 e. The fourth-order valence-corrected chi connectivity index (χ4v) is 1.10. The highest BCUT2D eigenvalue weighted by Gasteiger charge is 1.91. The SMILES string of the molecule is [CH2]CCCCNc1ccc(F)cc1. The summed E-state index contributed by atoms with van der Waals surface area (Å²) in [5.41, 5.74) is 0.977. The van der Waals surface area contributed by atoms with Gasteiger partial charge in [-0.2, -0.15) is 0 Å². The van der Waals surface area contributed by atoms with Crippen LogP contribution in [-0.2, 0) is 0 Å². The number of halogens is 1. The molecule has 71 valence electrons. The van der Waals surface area contributed by atoms with Crippen molar-refractivity contribution in [1.82, 2.24) is 0 Å². The average Bonchev–Trinajstić information content (AvgIpc) is 2.15. The Morgan fingerprint density at radius 2 is 1.85 bits per heavy atom. The van der Waals surface area contributed by atoms with E-state index in [1.807, 2.05) is 0 Å².